The van der Waals surface area contributed by atoms with Gasteiger partial charge in [0.25, 0.3) is 0 Å². The second kappa shape index (κ2) is 8.20. The van der Waals surface area contributed by atoms with E-state index in [2.05, 4.69) is 18.7 Å². The van der Waals surface area contributed by atoms with E-state index in [1.165, 1.54) is 0 Å². The van der Waals surface area contributed by atoms with Gasteiger partial charge in [-0.2, -0.15) is 0 Å². The molecular formula is C15H23Cl2NO3. The third kappa shape index (κ3) is 5.64. The third-order valence-electron chi connectivity index (χ3n) is 3.50. The van der Waals surface area contributed by atoms with Gasteiger partial charge in [-0.25, -0.2) is 0 Å². The molecule has 0 saturated carbocycles. The van der Waals surface area contributed by atoms with E-state index in [1.54, 1.807) is 24.3 Å². The van der Waals surface area contributed by atoms with Gasteiger partial charge < -0.3 is 14.6 Å². The molecule has 1 N–H and O–H groups in total. The average molecular weight is 336 g/mol. The smallest absolute Gasteiger partial charge is 0.119 e. The van der Waals surface area contributed by atoms with Crippen LogP contribution in [0.3, 0.4) is 0 Å². The van der Waals surface area contributed by atoms with Crippen LogP contribution in [0.15, 0.2) is 24.3 Å². The maximum atomic E-state index is 10.1. The number of ether oxygens (including phenoxy) is 2. The Kier molecular flexibility index (Phi) is 7.24. The SMILES string of the molecule is CC1(C)COCCN1CC(O)COc1ccc(Cl)cc1.Cl. The van der Waals surface area contributed by atoms with E-state index in [4.69, 9.17) is 21.1 Å². The Labute approximate surface area is 137 Å². The summed E-state index contributed by atoms with van der Waals surface area (Å²) in [7, 11) is 0. The van der Waals surface area contributed by atoms with Crippen LogP contribution in [0.4, 0.5) is 0 Å². The highest BCUT2D eigenvalue weighted by Gasteiger charge is 2.31. The second-order valence-corrected chi connectivity index (χ2v) is 6.17. The predicted octanol–water partition coefficient (Wildman–Crippen LogP) is 2.61. The number of morpholine rings is 1. The summed E-state index contributed by atoms with van der Waals surface area (Å²) in [6, 6.07) is 7.14. The molecule has 0 radical (unpaired) electrons. The molecule has 0 aliphatic carbocycles. The van der Waals surface area contributed by atoms with Crippen LogP contribution in [0.5, 0.6) is 5.75 Å². The molecule has 1 unspecified atom stereocenters. The standard InChI is InChI=1S/C15H22ClNO3.ClH/c1-15(2)11-19-8-7-17(15)9-13(18)10-20-14-5-3-12(16)4-6-14;/h3-6,13,18H,7-11H2,1-2H3;1H. The summed E-state index contributed by atoms with van der Waals surface area (Å²) in [5.41, 5.74) is -0.0422. The normalized spacial score (nSPS) is 19.6. The summed E-state index contributed by atoms with van der Waals surface area (Å²) in [6.45, 7) is 7.36. The highest BCUT2D eigenvalue weighted by molar-refractivity contribution is 6.30. The molecule has 1 heterocycles. The molecule has 1 aliphatic heterocycles. The Balaban J connectivity index is 0.00000220. The van der Waals surface area contributed by atoms with Crippen molar-refractivity contribution in [2.75, 3.05) is 32.9 Å². The van der Waals surface area contributed by atoms with Crippen LogP contribution in [0.2, 0.25) is 5.02 Å². The molecule has 0 aromatic heterocycles. The van der Waals surface area contributed by atoms with Gasteiger partial charge in [0.05, 0.1) is 13.2 Å². The highest BCUT2D eigenvalue weighted by Crippen LogP contribution is 2.20. The summed E-state index contributed by atoms with van der Waals surface area (Å²) in [4.78, 5) is 2.24. The quantitative estimate of drug-likeness (QED) is 0.898. The van der Waals surface area contributed by atoms with Crippen molar-refractivity contribution in [3.63, 3.8) is 0 Å². The minimum absolute atomic E-state index is 0. The Morgan fingerprint density at radius 2 is 2.05 bits per heavy atom. The van der Waals surface area contributed by atoms with Crippen molar-refractivity contribution < 1.29 is 14.6 Å². The maximum Gasteiger partial charge on any atom is 0.119 e. The Morgan fingerprint density at radius 3 is 2.67 bits per heavy atom. The highest BCUT2D eigenvalue weighted by atomic mass is 35.5. The van der Waals surface area contributed by atoms with Crippen molar-refractivity contribution >= 4 is 24.0 Å². The number of halogens is 2. The third-order valence-corrected chi connectivity index (χ3v) is 3.76. The van der Waals surface area contributed by atoms with Crippen molar-refractivity contribution in [2.45, 2.75) is 25.5 Å². The van der Waals surface area contributed by atoms with Crippen molar-refractivity contribution in [2.24, 2.45) is 0 Å². The van der Waals surface area contributed by atoms with Crippen LogP contribution < -0.4 is 4.74 Å². The Morgan fingerprint density at radius 1 is 1.38 bits per heavy atom. The summed E-state index contributed by atoms with van der Waals surface area (Å²) in [5, 5.41) is 10.8. The first-order valence-electron chi connectivity index (χ1n) is 6.86. The summed E-state index contributed by atoms with van der Waals surface area (Å²) in [5.74, 6) is 0.717. The molecular weight excluding hydrogens is 313 g/mol. The van der Waals surface area contributed by atoms with E-state index in [0.717, 1.165) is 12.3 Å². The lowest BCUT2D eigenvalue weighted by atomic mass is 10.0. The van der Waals surface area contributed by atoms with Gasteiger partial charge >= 0.3 is 0 Å². The van der Waals surface area contributed by atoms with Crippen LogP contribution in [0, 0.1) is 0 Å². The van der Waals surface area contributed by atoms with Crippen LogP contribution in [0.25, 0.3) is 0 Å². The number of aliphatic hydroxyl groups is 1. The number of hydrogen-bond donors (Lipinski definition) is 1. The van der Waals surface area contributed by atoms with Gasteiger partial charge in [-0.05, 0) is 38.1 Å². The minimum atomic E-state index is -0.525. The molecule has 0 spiro atoms. The number of nitrogens with zero attached hydrogens (tertiary/aromatic N) is 1. The molecule has 21 heavy (non-hydrogen) atoms. The average Bonchev–Trinajstić information content (AvgIpc) is 2.40. The minimum Gasteiger partial charge on any atom is -0.491 e. The van der Waals surface area contributed by atoms with E-state index in [-0.39, 0.29) is 24.6 Å². The van der Waals surface area contributed by atoms with Gasteiger partial charge in [-0.1, -0.05) is 11.6 Å². The second-order valence-electron chi connectivity index (χ2n) is 5.73. The van der Waals surface area contributed by atoms with Crippen LogP contribution >= 0.6 is 24.0 Å². The molecule has 6 heteroatoms. The summed E-state index contributed by atoms with van der Waals surface area (Å²) < 4.78 is 11.0. The number of hydrogen-bond acceptors (Lipinski definition) is 4. The Bertz CT molecular complexity index is 425. The summed E-state index contributed by atoms with van der Waals surface area (Å²) >= 11 is 5.81. The molecule has 0 amide bonds. The van der Waals surface area contributed by atoms with Gasteiger partial charge in [-0.3, -0.25) is 4.90 Å². The van der Waals surface area contributed by atoms with Gasteiger partial charge in [-0.15, -0.1) is 12.4 Å². The predicted molar refractivity (Wildman–Crippen MR) is 86.7 cm³/mol. The molecule has 2 rings (SSSR count). The van der Waals surface area contributed by atoms with Crippen LogP contribution in [0.1, 0.15) is 13.8 Å². The number of benzene rings is 1. The zero-order valence-electron chi connectivity index (χ0n) is 12.4. The summed E-state index contributed by atoms with van der Waals surface area (Å²) in [6.07, 6.45) is -0.525. The number of β-amino-alcohol motifs (C(OH)–C–C–N with tert-alkyl or cyclic N) is 1. The van der Waals surface area contributed by atoms with Crippen molar-refractivity contribution in [3.8, 4) is 5.75 Å². The fraction of sp³-hybridized carbons (Fsp3) is 0.600. The van der Waals surface area contributed by atoms with Gasteiger partial charge in [0.15, 0.2) is 0 Å². The first kappa shape index (κ1) is 18.5. The Hall–Kier alpha value is -0.520. The molecule has 1 saturated heterocycles. The van der Waals surface area contributed by atoms with E-state index < -0.39 is 6.10 Å². The lowest BCUT2D eigenvalue weighted by Gasteiger charge is -2.42. The molecule has 120 valence electrons. The van der Waals surface area contributed by atoms with Crippen molar-refractivity contribution in [1.29, 1.82) is 0 Å². The maximum absolute atomic E-state index is 10.1. The van der Waals surface area contributed by atoms with E-state index >= 15 is 0 Å². The molecule has 1 aliphatic rings. The molecule has 1 aromatic rings. The van der Waals surface area contributed by atoms with E-state index in [0.29, 0.717) is 24.8 Å². The van der Waals surface area contributed by atoms with Crippen LogP contribution in [-0.2, 0) is 4.74 Å². The first-order chi connectivity index (χ1) is 9.47. The van der Waals surface area contributed by atoms with Gasteiger partial charge in [0.1, 0.15) is 18.5 Å². The van der Waals surface area contributed by atoms with E-state index in [1.807, 2.05) is 0 Å². The molecule has 1 atom stereocenters. The topological polar surface area (TPSA) is 41.9 Å². The number of aliphatic hydroxyl groups excluding tert-OH is 1. The van der Waals surface area contributed by atoms with Gasteiger partial charge in [0, 0.05) is 23.7 Å². The molecule has 1 aromatic carbocycles. The monoisotopic (exact) mass is 335 g/mol. The fourth-order valence-corrected chi connectivity index (χ4v) is 2.39. The number of rotatable bonds is 5. The molecule has 1 fully saturated rings. The molecule has 0 bridgehead atoms. The largest absolute Gasteiger partial charge is 0.491 e. The van der Waals surface area contributed by atoms with Crippen molar-refractivity contribution in [3.05, 3.63) is 29.3 Å². The lowest BCUT2D eigenvalue weighted by molar-refractivity contribution is -0.0703. The van der Waals surface area contributed by atoms with Crippen LogP contribution in [-0.4, -0.2) is 54.6 Å². The van der Waals surface area contributed by atoms with E-state index in [9.17, 15) is 5.11 Å². The first-order valence-corrected chi connectivity index (χ1v) is 7.24. The zero-order chi connectivity index (χ0) is 14.6. The van der Waals surface area contributed by atoms with Crippen molar-refractivity contribution in [1.82, 2.24) is 4.90 Å². The lowest BCUT2D eigenvalue weighted by Crippen LogP contribution is -2.55. The zero-order valence-corrected chi connectivity index (χ0v) is 14.0. The van der Waals surface area contributed by atoms with Gasteiger partial charge in [0.2, 0.25) is 0 Å². The molecule has 4 nitrogen and oxygen atoms in total. The fourth-order valence-electron chi connectivity index (χ4n) is 2.26.